The van der Waals surface area contributed by atoms with Gasteiger partial charge >= 0.3 is 0 Å². The van der Waals surface area contributed by atoms with Gasteiger partial charge in [-0.15, -0.1) is 0 Å². The summed E-state index contributed by atoms with van der Waals surface area (Å²) in [5, 5.41) is 12.3. The Morgan fingerprint density at radius 3 is 2.25 bits per heavy atom. The van der Waals surface area contributed by atoms with Crippen molar-refractivity contribution in [2.75, 3.05) is 13.1 Å². The number of aryl methyl sites for hydroxylation is 2. The SMILES string of the molecule is CCn1nc(C)c(S(=O)(=O)N2CCC3(CC2)N=N3)c1C. The molecule has 0 bridgehead atoms. The maximum atomic E-state index is 12.8. The third-order valence-corrected chi connectivity index (χ3v) is 6.27. The molecule has 3 rings (SSSR count). The van der Waals surface area contributed by atoms with E-state index >= 15 is 0 Å². The van der Waals surface area contributed by atoms with E-state index in [0.29, 0.717) is 48.8 Å². The van der Waals surface area contributed by atoms with Gasteiger partial charge < -0.3 is 0 Å². The number of rotatable bonds is 3. The van der Waals surface area contributed by atoms with Crippen molar-refractivity contribution in [1.82, 2.24) is 14.1 Å². The Labute approximate surface area is 118 Å². The van der Waals surface area contributed by atoms with Gasteiger partial charge in [-0.3, -0.25) is 4.68 Å². The predicted molar refractivity (Wildman–Crippen MR) is 73.0 cm³/mol. The minimum Gasteiger partial charge on any atom is -0.268 e. The fourth-order valence-electron chi connectivity index (χ4n) is 2.85. The van der Waals surface area contributed by atoms with Crippen LogP contribution in [0.15, 0.2) is 15.1 Å². The van der Waals surface area contributed by atoms with Gasteiger partial charge in [0, 0.05) is 32.5 Å². The van der Waals surface area contributed by atoms with Gasteiger partial charge in [-0.2, -0.15) is 19.6 Å². The van der Waals surface area contributed by atoms with Crippen LogP contribution >= 0.6 is 0 Å². The Bertz CT molecular complexity index is 660. The van der Waals surface area contributed by atoms with Gasteiger partial charge in [0.15, 0.2) is 5.66 Å². The van der Waals surface area contributed by atoms with Crippen LogP contribution in [0.3, 0.4) is 0 Å². The second-order valence-electron chi connectivity index (χ2n) is 5.40. The van der Waals surface area contributed by atoms with Crippen LogP contribution in [-0.4, -0.2) is 41.3 Å². The molecule has 1 saturated heterocycles. The molecule has 0 aliphatic carbocycles. The van der Waals surface area contributed by atoms with Crippen LogP contribution in [0.1, 0.15) is 31.2 Å². The van der Waals surface area contributed by atoms with Gasteiger partial charge in [0.25, 0.3) is 0 Å². The molecule has 20 heavy (non-hydrogen) atoms. The quantitative estimate of drug-likeness (QED) is 0.847. The van der Waals surface area contributed by atoms with Gasteiger partial charge in [-0.1, -0.05) is 0 Å². The molecular weight excluding hydrogens is 278 g/mol. The molecule has 3 heterocycles. The average Bonchev–Trinajstić information content (AvgIpc) is 3.07. The fourth-order valence-corrected chi connectivity index (χ4v) is 4.66. The number of hydrogen-bond acceptors (Lipinski definition) is 5. The molecule has 1 spiro atoms. The summed E-state index contributed by atoms with van der Waals surface area (Å²) in [6, 6.07) is 0. The summed E-state index contributed by atoms with van der Waals surface area (Å²) in [6.45, 7) is 7.15. The highest BCUT2D eigenvalue weighted by Crippen LogP contribution is 2.40. The number of piperidine rings is 1. The van der Waals surface area contributed by atoms with E-state index < -0.39 is 10.0 Å². The second kappa shape index (κ2) is 4.36. The van der Waals surface area contributed by atoms with Crippen molar-refractivity contribution in [1.29, 1.82) is 0 Å². The molecule has 1 fully saturated rings. The van der Waals surface area contributed by atoms with Crippen molar-refractivity contribution < 1.29 is 8.42 Å². The largest absolute Gasteiger partial charge is 0.268 e. The summed E-state index contributed by atoms with van der Waals surface area (Å²) in [7, 11) is -3.47. The van der Waals surface area contributed by atoms with Crippen molar-refractivity contribution >= 4 is 10.0 Å². The Balaban J connectivity index is 1.90. The summed E-state index contributed by atoms with van der Waals surface area (Å²) in [5.41, 5.74) is 1.03. The van der Waals surface area contributed by atoms with Crippen LogP contribution in [0.4, 0.5) is 0 Å². The normalized spacial score (nSPS) is 21.6. The molecule has 0 radical (unpaired) electrons. The number of nitrogens with zero attached hydrogens (tertiary/aromatic N) is 5. The van der Waals surface area contributed by atoms with Gasteiger partial charge in [0.2, 0.25) is 10.0 Å². The first-order valence-electron chi connectivity index (χ1n) is 6.88. The van der Waals surface area contributed by atoms with Crippen molar-refractivity contribution in [3.63, 3.8) is 0 Å². The maximum Gasteiger partial charge on any atom is 0.246 e. The standard InChI is InChI=1S/C12H19N5O2S/c1-4-17-10(3)11(9(2)13-17)20(18,19)16-7-5-12(6-8-16)14-15-12/h4-8H2,1-3H3. The maximum absolute atomic E-state index is 12.8. The molecule has 1 aromatic heterocycles. The van der Waals surface area contributed by atoms with Crippen LogP contribution < -0.4 is 0 Å². The Morgan fingerprint density at radius 2 is 1.80 bits per heavy atom. The molecule has 2 aliphatic rings. The van der Waals surface area contributed by atoms with E-state index in [1.54, 1.807) is 15.9 Å². The lowest BCUT2D eigenvalue weighted by atomic mass is 10.0. The monoisotopic (exact) mass is 297 g/mol. The zero-order chi connectivity index (χ0) is 14.5. The van der Waals surface area contributed by atoms with Crippen LogP contribution in [0.2, 0.25) is 0 Å². The van der Waals surface area contributed by atoms with Crippen LogP contribution in [0.5, 0.6) is 0 Å². The van der Waals surface area contributed by atoms with Gasteiger partial charge in [0.1, 0.15) is 4.90 Å². The van der Waals surface area contributed by atoms with E-state index in [1.807, 2.05) is 13.8 Å². The molecule has 8 heteroatoms. The Morgan fingerprint density at radius 1 is 1.20 bits per heavy atom. The topological polar surface area (TPSA) is 79.9 Å². The van der Waals surface area contributed by atoms with E-state index in [1.165, 1.54) is 0 Å². The molecule has 0 amide bonds. The smallest absolute Gasteiger partial charge is 0.246 e. The zero-order valence-electron chi connectivity index (χ0n) is 12.0. The van der Waals surface area contributed by atoms with Crippen molar-refractivity contribution in [3.05, 3.63) is 11.4 Å². The minimum absolute atomic E-state index is 0.260. The Hall–Kier alpha value is -1.28. The average molecular weight is 297 g/mol. The molecule has 0 aromatic carbocycles. The number of aromatic nitrogens is 2. The zero-order valence-corrected chi connectivity index (χ0v) is 12.8. The van der Waals surface area contributed by atoms with Crippen molar-refractivity contribution in [2.45, 2.75) is 50.7 Å². The summed E-state index contributed by atoms with van der Waals surface area (Å²) in [4.78, 5) is 0.361. The lowest BCUT2D eigenvalue weighted by molar-refractivity contribution is 0.295. The highest BCUT2D eigenvalue weighted by atomic mass is 32.2. The molecule has 0 N–H and O–H groups in total. The lowest BCUT2D eigenvalue weighted by Gasteiger charge is -2.28. The van der Waals surface area contributed by atoms with Gasteiger partial charge in [-0.05, 0) is 20.8 Å². The lowest BCUT2D eigenvalue weighted by Crippen LogP contribution is -2.41. The van der Waals surface area contributed by atoms with Crippen LogP contribution in [0, 0.1) is 13.8 Å². The fraction of sp³-hybridized carbons (Fsp3) is 0.750. The van der Waals surface area contributed by atoms with E-state index in [9.17, 15) is 8.42 Å². The first kappa shape index (κ1) is 13.7. The molecule has 0 atom stereocenters. The molecule has 7 nitrogen and oxygen atoms in total. The highest BCUT2D eigenvalue weighted by molar-refractivity contribution is 7.89. The molecule has 2 aliphatic heterocycles. The highest BCUT2D eigenvalue weighted by Gasteiger charge is 2.46. The molecule has 0 saturated carbocycles. The molecule has 1 aromatic rings. The van der Waals surface area contributed by atoms with Gasteiger partial charge in [0.05, 0.1) is 11.4 Å². The molecule has 0 unspecified atom stereocenters. The third-order valence-electron chi connectivity index (χ3n) is 4.12. The Kier molecular flexibility index (Phi) is 2.98. The van der Waals surface area contributed by atoms with Gasteiger partial charge in [-0.25, -0.2) is 8.42 Å². The summed E-state index contributed by atoms with van der Waals surface area (Å²) in [6.07, 6.45) is 1.37. The summed E-state index contributed by atoms with van der Waals surface area (Å²) in [5.74, 6) is 0. The summed E-state index contributed by atoms with van der Waals surface area (Å²) < 4.78 is 28.9. The predicted octanol–water partition coefficient (Wildman–Crippen LogP) is 1.47. The third kappa shape index (κ3) is 1.98. The van der Waals surface area contributed by atoms with E-state index in [4.69, 9.17) is 0 Å². The first-order valence-corrected chi connectivity index (χ1v) is 8.32. The number of hydrogen-bond donors (Lipinski definition) is 0. The van der Waals surface area contributed by atoms with E-state index in [0.717, 1.165) is 0 Å². The van der Waals surface area contributed by atoms with Crippen molar-refractivity contribution in [3.8, 4) is 0 Å². The van der Waals surface area contributed by atoms with Crippen LogP contribution in [-0.2, 0) is 16.6 Å². The van der Waals surface area contributed by atoms with E-state index in [-0.39, 0.29) is 5.66 Å². The summed E-state index contributed by atoms with van der Waals surface area (Å²) >= 11 is 0. The van der Waals surface area contributed by atoms with E-state index in [2.05, 4.69) is 15.3 Å². The molecule has 110 valence electrons. The van der Waals surface area contributed by atoms with Crippen molar-refractivity contribution in [2.24, 2.45) is 10.2 Å². The van der Waals surface area contributed by atoms with Crippen LogP contribution in [0.25, 0.3) is 0 Å². The minimum atomic E-state index is -3.47. The molecular formula is C12H19N5O2S. The first-order chi connectivity index (χ1) is 9.39. The number of sulfonamides is 1. The second-order valence-corrected chi connectivity index (χ2v) is 7.28.